The number of anilines is 1. The molecular weight excluding hydrogens is 258 g/mol. The summed E-state index contributed by atoms with van der Waals surface area (Å²) in [6, 6.07) is 9.99. The average Bonchev–Trinajstić information content (AvgIpc) is 2.69. The van der Waals surface area contributed by atoms with Gasteiger partial charge in [-0.25, -0.2) is 0 Å². The Morgan fingerprint density at radius 3 is 2.52 bits per heavy atom. The van der Waals surface area contributed by atoms with Crippen LogP contribution in [-0.4, -0.2) is 43.7 Å². The van der Waals surface area contributed by atoms with E-state index in [2.05, 4.69) is 55.0 Å². The molecule has 0 saturated carbocycles. The molecule has 0 aliphatic carbocycles. The van der Waals surface area contributed by atoms with E-state index in [1.54, 1.807) is 0 Å². The van der Waals surface area contributed by atoms with Gasteiger partial charge >= 0.3 is 0 Å². The van der Waals surface area contributed by atoms with Crippen molar-refractivity contribution in [3.8, 4) is 0 Å². The van der Waals surface area contributed by atoms with E-state index in [0.29, 0.717) is 6.04 Å². The molecule has 0 bridgehead atoms. The molecule has 1 heterocycles. The summed E-state index contributed by atoms with van der Waals surface area (Å²) in [5, 5.41) is 0. The van der Waals surface area contributed by atoms with Crippen molar-refractivity contribution in [2.75, 3.05) is 31.6 Å². The normalized spacial score (nSPS) is 22.1. The molecule has 0 aromatic heterocycles. The molecule has 3 heteroatoms. The van der Waals surface area contributed by atoms with E-state index in [1.807, 2.05) is 0 Å². The highest BCUT2D eigenvalue weighted by atomic mass is 15.2. The minimum Gasteiger partial charge on any atom is -0.367 e. The summed E-state index contributed by atoms with van der Waals surface area (Å²) in [6.07, 6.45) is 4.47. The van der Waals surface area contributed by atoms with Gasteiger partial charge in [-0.1, -0.05) is 26.0 Å². The number of hydrogen-bond acceptors (Lipinski definition) is 3. The maximum absolute atomic E-state index is 6.05. The van der Waals surface area contributed by atoms with Gasteiger partial charge in [0.2, 0.25) is 0 Å². The summed E-state index contributed by atoms with van der Waals surface area (Å²) in [4.78, 5) is 5.05. The molecule has 2 rings (SSSR count). The topological polar surface area (TPSA) is 32.5 Å². The zero-order valence-corrected chi connectivity index (χ0v) is 13.9. The SMILES string of the molecule is CCC(N)Cc1ccc(N2CCCN(C)CC2CC)cc1. The maximum atomic E-state index is 6.05. The monoisotopic (exact) mass is 289 g/mol. The lowest BCUT2D eigenvalue weighted by Gasteiger charge is -2.32. The first-order valence-electron chi connectivity index (χ1n) is 8.43. The quantitative estimate of drug-likeness (QED) is 0.904. The van der Waals surface area contributed by atoms with Gasteiger partial charge in [-0.15, -0.1) is 0 Å². The molecule has 1 aliphatic heterocycles. The maximum Gasteiger partial charge on any atom is 0.0414 e. The smallest absolute Gasteiger partial charge is 0.0414 e. The lowest BCUT2D eigenvalue weighted by molar-refractivity contribution is 0.328. The second kappa shape index (κ2) is 7.81. The molecule has 1 saturated heterocycles. The fourth-order valence-corrected chi connectivity index (χ4v) is 3.20. The van der Waals surface area contributed by atoms with Gasteiger partial charge in [0, 0.05) is 30.9 Å². The number of nitrogens with zero attached hydrogens (tertiary/aromatic N) is 2. The van der Waals surface area contributed by atoms with Crippen molar-refractivity contribution in [3.63, 3.8) is 0 Å². The molecule has 0 spiro atoms. The summed E-state index contributed by atoms with van der Waals surface area (Å²) in [7, 11) is 2.24. The van der Waals surface area contributed by atoms with E-state index >= 15 is 0 Å². The van der Waals surface area contributed by atoms with Crippen molar-refractivity contribution in [1.29, 1.82) is 0 Å². The highest BCUT2D eigenvalue weighted by Gasteiger charge is 2.22. The Morgan fingerprint density at radius 1 is 1.19 bits per heavy atom. The van der Waals surface area contributed by atoms with Gasteiger partial charge in [-0.05, 0) is 57.0 Å². The van der Waals surface area contributed by atoms with Crippen molar-refractivity contribution >= 4 is 5.69 Å². The molecule has 1 aromatic rings. The highest BCUT2D eigenvalue weighted by molar-refractivity contribution is 5.49. The van der Waals surface area contributed by atoms with Crippen LogP contribution in [0.5, 0.6) is 0 Å². The van der Waals surface area contributed by atoms with Gasteiger partial charge in [0.25, 0.3) is 0 Å². The fourth-order valence-electron chi connectivity index (χ4n) is 3.20. The minimum absolute atomic E-state index is 0.283. The van der Waals surface area contributed by atoms with Crippen LogP contribution in [0, 0.1) is 0 Å². The van der Waals surface area contributed by atoms with Crippen molar-refractivity contribution in [3.05, 3.63) is 29.8 Å². The second-order valence-corrected chi connectivity index (χ2v) is 6.41. The van der Waals surface area contributed by atoms with Crippen LogP contribution in [0.15, 0.2) is 24.3 Å². The highest BCUT2D eigenvalue weighted by Crippen LogP contribution is 2.22. The summed E-state index contributed by atoms with van der Waals surface area (Å²) in [6.45, 7) is 7.98. The number of rotatable bonds is 5. The van der Waals surface area contributed by atoms with E-state index in [0.717, 1.165) is 19.4 Å². The Labute approximate surface area is 130 Å². The van der Waals surface area contributed by atoms with Crippen LogP contribution in [0.2, 0.25) is 0 Å². The molecule has 0 radical (unpaired) electrons. The predicted octanol–water partition coefficient (Wildman–Crippen LogP) is 2.89. The third-order valence-electron chi connectivity index (χ3n) is 4.66. The molecular formula is C18H31N3. The van der Waals surface area contributed by atoms with Crippen molar-refractivity contribution in [2.24, 2.45) is 5.73 Å². The van der Waals surface area contributed by atoms with E-state index in [9.17, 15) is 0 Å². The van der Waals surface area contributed by atoms with Gasteiger partial charge in [-0.3, -0.25) is 0 Å². The summed E-state index contributed by atoms with van der Waals surface area (Å²) < 4.78 is 0. The zero-order valence-electron chi connectivity index (χ0n) is 13.9. The van der Waals surface area contributed by atoms with Gasteiger partial charge < -0.3 is 15.5 Å². The number of hydrogen-bond donors (Lipinski definition) is 1. The lowest BCUT2D eigenvalue weighted by atomic mass is 10.0. The van der Waals surface area contributed by atoms with Crippen molar-refractivity contribution in [1.82, 2.24) is 4.90 Å². The van der Waals surface area contributed by atoms with Crippen molar-refractivity contribution < 1.29 is 0 Å². The van der Waals surface area contributed by atoms with Crippen LogP contribution in [0.25, 0.3) is 0 Å². The molecule has 3 nitrogen and oxygen atoms in total. The molecule has 1 aliphatic rings. The van der Waals surface area contributed by atoms with Gasteiger partial charge in [0.15, 0.2) is 0 Å². The summed E-state index contributed by atoms with van der Waals surface area (Å²) in [5.41, 5.74) is 8.77. The van der Waals surface area contributed by atoms with Crippen LogP contribution in [0.4, 0.5) is 5.69 Å². The summed E-state index contributed by atoms with van der Waals surface area (Å²) >= 11 is 0. The van der Waals surface area contributed by atoms with Gasteiger partial charge in [-0.2, -0.15) is 0 Å². The Balaban J connectivity index is 2.08. The zero-order chi connectivity index (χ0) is 15.2. The first-order valence-corrected chi connectivity index (χ1v) is 8.43. The Morgan fingerprint density at radius 2 is 1.90 bits per heavy atom. The van der Waals surface area contributed by atoms with Gasteiger partial charge in [0.05, 0.1) is 0 Å². The van der Waals surface area contributed by atoms with Crippen molar-refractivity contribution in [2.45, 2.75) is 51.6 Å². The third-order valence-corrected chi connectivity index (χ3v) is 4.66. The number of nitrogens with two attached hydrogens (primary N) is 1. The van der Waals surface area contributed by atoms with Gasteiger partial charge in [0.1, 0.15) is 0 Å². The van der Waals surface area contributed by atoms with Crippen LogP contribution >= 0.6 is 0 Å². The van der Waals surface area contributed by atoms with Crippen LogP contribution in [-0.2, 0) is 6.42 Å². The molecule has 21 heavy (non-hydrogen) atoms. The van der Waals surface area contributed by atoms with E-state index in [-0.39, 0.29) is 6.04 Å². The average molecular weight is 289 g/mol. The first-order chi connectivity index (χ1) is 10.1. The minimum atomic E-state index is 0.283. The number of likely N-dealkylation sites (N-methyl/N-ethyl adjacent to an activating group) is 1. The molecule has 118 valence electrons. The Hall–Kier alpha value is -1.06. The first kappa shape index (κ1) is 16.3. The van der Waals surface area contributed by atoms with E-state index < -0.39 is 0 Å². The van der Waals surface area contributed by atoms with Crippen LogP contribution in [0.1, 0.15) is 38.7 Å². The summed E-state index contributed by atoms with van der Waals surface area (Å²) in [5.74, 6) is 0. The standard InChI is InChI=1S/C18H31N3/c1-4-16(19)13-15-7-9-18(10-8-15)21-12-6-11-20(3)14-17(21)5-2/h7-10,16-17H,4-6,11-14,19H2,1-3H3. The second-order valence-electron chi connectivity index (χ2n) is 6.41. The fraction of sp³-hybridized carbons (Fsp3) is 0.667. The molecule has 1 aromatic carbocycles. The predicted molar refractivity (Wildman–Crippen MR) is 92.0 cm³/mol. The third kappa shape index (κ3) is 4.45. The van der Waals surface area contributed by atoms with E-state index in [1.165, 1.54) is 37.2 Å². The Bertz CT molecular complexity index is 415. The largest absolute Gasteiger partial charge is 0.367 e. The number of benzene rings is 1. The Kier molecular flexibility index (Phi) is 6.07. The van der Waals surface area contributed by atoms with Crippen LogP contribution < -0.4 is 10.6 Å². The molecule has 2 unspecified atom stereocenters. The molecule has 0 amide bonds. The lowest BCUT2D eigenvalue weighted by Crippen LogP contribution is -2.39. The molecule has 2 atom stereocenters. The van der Waals surface area contributed by atoms with Crippen LogP contribution in [0.3, 0.4) is 0 Å². The van der Waals surface area contributed by atoms with E-state index in [4.69, 9.17) is 5.73 Å². The molecule has 2 N–H and O–H groups in total. The molecule has 1 fully saturated rings.